The largest absolute Gasteiger partial charge is 0.369 e. The van der Waals surface area contributed by atoms with Crippen LogP contribution in [0.2, 0.25) is 0 Å². The average molecular weight is 420 g/mol. The Bertz CT molecular complexity index is 1200. The monoisotopic (exact) mass is 420 g/mol. The van der Waals surface area contributed by atoms with Gasteiger partial charge in [-0.3, -0.25) is 4.79 Å². The summed E-state index contributed by atoms with van der Waals surface area (Å²) in [6, 6.07) is 6.90. The molecule has 0 fully saturated rings. The number of benzene rings is 1. The lowest BCUT2D eigenvalue weighted by molar-refractivity contribution is -0.117. The minimum Gasteiger partial charge on any atom is -0.300 e. The first-order valence-electron chi connectivity index (χ1n) is 7.79. The second-order valence-electron chi connectivity index (χ2n) is 5.50. The lowest BCUT2D eigenvalue weighted by Crippen LogP contribution is -2.29. The Labute approximate surface area is 163 Å². The van der Waals surface area contributed by atoms with E-state index in [-0.39, 0.29) is 11.7 Å². The highest BCUT2D eigenvalue weighted by Gasteiger charge is 2.15. The molecule has 0 aliphatic carbocycles. The Morgan fingerprint density at radius 2 is 2.00 bits per heavy atom. The molecule has 0 aliphatic rings. The molecule has 0 spiro atoms. The topological polar surface area (TPSA) is 94.7 Å². The summed E-state index contributed by atoms with van der Waals surface area (Å²) in [7, 11) is 0. The van der Waals surface area contributed by atoms with Gasteiger partial charge in [-0.1, -0.05) is 0 Å². The third-order valence-electron chi connectivity index (χ3n) is 3.61. The molecule has 1 amide bonds. The van der Waals surface area contributed by atoms with Gasteiger partial charge >= 0.3 is 5.69 Å². The highest BCUT2D eigenvalue weighted by Crippen LogP contribution is 2.26. The maximum atomic E-state index is 13.4. The van der Waals surface area contributed by atoms with Crippen LogP contribution < -0.4 is 11.0 Å². The molecule has 3 aromatic heterocycles. The number of thiophene rings is 1. The van der Waals surface area contributed by atoms with Crippen LogP contribution in [0, 0.1) is 11.6 Å². The molecule has 0 atom stereocenters. The molecule has 142 valence electrons. The molecule has 0 saturated carbocycles. The van der Waals surface area contributed by atoms with E-state index in [9.17, 15) is 18.4 Å². The van der Waals surface area contributed by atoms with Crippen molar-refractivity contribution in [3.63, 3.8) is 0 Å². The number of hydrogen-bond donors (Lipinski definition) is 1. The van der Waals surface area contributed by atoms with E-state index in [1.807, 2.05) is 0 Å². The van der Waals surface area contributed by atoms with Crippen molar-refractivity contribution in [2.24, 2.45) is 0 Å². The molecule has 3 heterocycles. The van der Waals surface area contributed by atoms with E-state index in [4.69, 9.17) is 0 Å². The van der Waals surface area contributed by atoms with Crippen molar-refractivity contribution in [1.29, 1.82) is 0 Å². The van der Waals surface area contributed by atoms with E-state index in [0.717, 1.165) is 32.8 Å². The van der Waals surface area contributed by atoms with Gasteiger partial charge < -0.3 is 5.32 Å². The quantitative estimate of drug-likeness (QED) is 0.535. The van der Waals surface area contributed by atoms with Gasteiger partial charge in [-0.2, -0.15) is 9.36 Å². The lowest BCUT2D eigenvalue weighted by Gasteiger charge is -2.00. The summed E-state index contributed by atoms with van der Waals surface area (Å²) in [5.74, 6) is -2.45. The number of amides is 1. The van der Waals surface area contributed by atoms with Crippen LogP contribution in [-0.4, -0.2) is 30.7 Å². The molecule has 4 aromatic rings. The fourth-order valence-corrected chi connectivity index (χ4v) is 3.72. The Morgan fingerprint density at radius 3 is 2.75 bits per heavy atom. The number of carbonyl (C=O) groups excluding carboxylic acids is 1. The first kappa shape index (κ1) is 18.1. The summed E-state index contributed by atoms with van der Waals surface area (Å²) in [5, 5.41) is 14.2. The van der Waals surface area contributed by atoms with E-state index in [1.165, 1.54) is 17.4 Å². The predicted octanol–water partition coefficient (Wildman–Crippen LogP) is 2.53. The van der Waals surface area contributed by atoms with Gasteiger partial charge in [-0.05, 0) is 46.1 Å². The Balaban J connectivity index is 1.46. The second kappa shape index (κ2) is 7.40. The molecule has 1 aromatic carbocycles. The number of tetrazole rings is 1. The number of carbonyl (C=O) groups is 1. The van der Waals surface area contributed by atoms with Gasteiger partial charge in [0.1, 0.15) is 11.5 Å². The van der Waals surface area contributed by atoms with Crippen LogP contribution in [0.3, 0.4) is 0 Å². The number of halogens is 2. The zero-order valence-electron chi connectivity index (χ0n) is 13.9. The summed E-state index contributed by atoms with van der Waals surface area (Å²) >= 11 is 2.43. The van der Waals surface area contributed by atoms with E-state index in [0.29, 0.717) is 16.3 Å². The fourth-order valence-electron chi connectivity index (χ4n) is 2.32. The van der Waals surface area contributed by atoms with Gasteiger partial charge in [0.25, 0.3) is 0 Å². The Kier molecular flexibility index (Phi) is 4.79. The number of nitrogens with one attached hydrogen (secondary N) is 1. The first-order chi connectivity index (χ1) is 13.5. The zero-order valence-corrected chi connectivity index (χ0v) is 15.5. The van der Waals surface area contributed by atoms with Crippen molar-refractivity contribution in [1.82, 2.24) is 24.8 Å². The van der Waals surface area contributed by atoms with Crippen LogP contribution >= 0.6 is 22.7 Å². The minimum absolute atomic E-state index is 0.253. The van der Waals surface area contributed by atoms with E-state index >= 15 is 0 Å². The van der Waals surface area contributed by atoms with Crippen LogP contribution in [0.4, 0.5) is 13.9 Å². The first-order valence-corrected chi connectivity index (χ1v) is 9.55. The number of anilines is 1. The van der Waals surface area contributed by atoms with Crippen molar-refractivity contribution < 1.29 is 13.6 Å². The lowest BCUT2D eigenvalue weighted by atomic mass is 10.2. The van der Waals surface area contributed by atoms with Crippen LogP contribution in [0.1, 0.15) is 0 Å². The minimum atomic E-state index is -0.982. The molecule has 1 N–H and O–H groups in total. The SMILES string of the molecule is O=C(Cn1nnn(-c2cccs2)c1=O)Nc1nc(-c2ccc(F)c(F)c2)cs1. The van der Waals surface area contributed by atoms with Gasteiger partial charge in [0.15, 0.2) is 16.8 Å². The number of thiazole rings is 1. The molecule has 0 radical (unpaired) electrons. The third-order valence-corrected chi connectivity index (χ3v) is 5.22. The molecular weight excluding hydrogens is 410 g/mol. The maximum Gasteiger partial charge on any atom is 0.369 e. The predicted molar refractivity (Wildman–Crippen MR) is 99.6 cm³/mol. The van der Waals surface area contributed by atoms with Gasteiger partial charge in [-0.25, -0.2) is 18.6 Å². The Morgan fingerprint density at radius 1 is 1.14 bits per heavy atom. The number of nitrogens with zero attached hydrogens (tertiary/aromatic N) is 5. The molecule has 0 saturated heterocycles. The number of aromatic nitrogens is 5. The van der Waals surface area contributed by atoms with Crippen molar-refractivity contribution in [3.8, 4) is 16.3 Å². The highest BCUT2D eigenvalue weighted by atomic mass is 32.1. The molecular formula is C16H10F2N6O2S2. The van der Waals surface area contributed by atoms with Gasteiger partial charge in [0, 0.05) is 10.9 Å². The molecule has 12 heteroatoms. The van der Waals surface area contributed by atoms with E-state index in [2.05, 4.69) is 20.7 Å². The summed E-state index contributed by atoms with van der Waals surface area (Å²) in [4.78, 5) is 28.6. The molecule has 28 heavy (non-hydrogen) atoms. The van der Waals surface area contributed by atoms with Crippen molar-refractivity contribution in [2.75, 3.05) is 5.32 Å². The number of hydrogen-bond acceptors (Lipinski definition) is 7. The second-order valence-corrected chi connectivity index (χ2v) is 7.28. The summed E-state index contributed by atoms with van der Waals surface area (Å²) in [6.07, 6.45) is 0. The molecule has 0 aliphatic heterocycles. The van der Waals surface area contributed by atoms with Crippen molar-refractivity contribution >= 4 is 33.7 Å². The van der Waals surface area contributed by atoms with Crippen LogP contribution in [0.15, 0.2) is 45.9 Å². The average Bonchev–Trinajstić information content (AvgIpc) is 3.40. The third kappa shape index (κ3) is 3.59. The van der Waals surface area contributed by atoms with Crippen LogP contribution in [0.5, 0.6) is 0 Å². The normalized spacial score (nSPS) is 10.9. The molecule has 4 rings (SSSR count). The van der Waals surface area contributed by atoms with Gasteiger partial charge in [0.2, 0.25) is 5.91 Å². The van der Waals surface area contributed by atoms with Gasteiger partial charge in [0.05, 0.1) is 5.69 Å². The van der Waals surface area contributed by atoms with E-state index in [1.54, 1.807) is 22.9 Å². The highest BCUT2D eigenvalue weighted by molar-refractivity contribution is 7.14. The molecule has 0 unspecified atom stereocenters. The molecule has 0 bridgehead atoms. The summed E-state index contributed by atoms with van der Waals surface area (Å²) in [5.41, 5.74) is 0.227. The Hall–Kier alpha value is -3.25. The summed E-state index contributed by atoms with van der Waals surface area (Å²) < 4.78 is 28.4. The summed E-state index contributed by atoms with van der Waals surface area (Å²) in [6.45, 7) is -0.343. The smallest absolute Gasteiger partial charge is 0.300 e. The zero-order chi connectivity index (χ0) is 19.7. The van der Waals surface area contributed by atoms with E-state index < -0.39 is 23.2 Å². The maximum absolute atomic E-state index is 13.4. The molecule has 8 nitrogen and oxygen atoms in total. The van der Waals surface area contributed by atoms with Crippen molar-refractivity contribution in [3.05, 3.63) is 63.2 Å². The van der Waals surface area contributed by atoms with Crippen molar-refractivity contribution in [2.45, 2.75) is 6.54 Å². The fraction of sp³-hybridized carbons (Fsp3) is 0.0625. The number of rotatable bonds is 5. The standard InChI is InChI=1S/C16H10F2N6O2S2/c17-10-4-3-9(6-11(10)18)12-8-28-15(19-12)20-13(25)7-23-16(26)24(22-21-23)14-2-1-5-27-14/h1-6,8H,7H2,(H,19,20,25). The van der Waals surface area contributed by atoms with Crippen LogP contribution in [0.25, 0.3) is 16.3 Å². The van der Waals surface area contributed by atoms with Gasteiger partial charge in [-0.15, -0.1) is 22.7 Å². The van der Waals surface area contributed by atoms with Crippen LogP contribution in [-0.2, 0) is 11.3 Å².